The molecule has 0 amide bonds. The van der Waals surface area contributed by atoms with Gasteiger partial charge in [0.25, 0.3) is 0 Å². The van der Waals surface area contributed by atoms with Crippen LogP contribution in [0.1, 0.15) is 25.3 Å². The maximum atomic E-state index is 13.2. The lowest BCUT2D eigenvalue weighted by molar-refractivity contribution is -0.137. The molecule has 0 saturated heterocycles. The minimum Gasteiger partial charge on any atom is -0.385 e. The average Bonchev–Trinajstić information content (AvgIpc) is 2.58. The largest absolute Gasteiger partial charge is 0.421 e. The third-order valence-corrected chi connectivity index (χ3v) is 3.63. The van der Waals surface area contributed by atoms with Gasteiger partial charge in [-0.25, -0.2) is 4.98 Å². The van der Waals surface area contributed by atoms with Gasteiger partial charge in [0.15, 0.2) is 0 Å². The number of anilines is 3. The van der Waals surface area contributed by atoms with Gasteiger partial charge in [-0.3, -0.25) is 0 Å². The zero-order chi connectivity index (χ0) is 18.3. The minimum absolute atomic E-state index is 0.100. The van der Waals surface area contributed by atoms with Crippen LogP contribution in [0.25, 0.3) is 0 Å². The number of para-hydroxylation sites is 1. The van der Waals surface area contributed by atoms with Crippen molar-refractivity contribution in [3.05, 3.63) is 42.1 Å². The van der Waals surface area contributed by atoms with Crippen LogP contribution in [0, 0.1) is 0 Å². The van der Waals surface area contributed by atoms with Crippen molar-refractivity contribution in [1.29, 1.82) is 0 Å². The third-order valence-electron chi connectivity index (χ3n) is 3.63. The van der Waals surface area contributed by atoms with Gasteiger partial charge >= 0.3 is 6.18 Å². The molecule has 0 fully saturated rings. The van der Waals surface area contributed by atoms with E-state index in [1.54, 1.807) is 19.2 Å². The molecule has 1 aromatic carbocycles. The molecule has 25 heavy (non-hydrogen) atoms. The Morgan fingerprint density at radius 3 is 2.52 bits per heavy atom. The molecule has 1 aromatic heterocycles. The van der Waals surface area contributed by atoms with Crippen LogP contribution in [-0.2, 0) is 10.9 Å². The summed E-state index contributed by atoms with van der Waals surface area (Å²) in [7, 11) is 1.56. The smallest absolute Gasteiger partial charge is 0.385 e. The summed E-state index contributed by atoms with van der Waals surface area (Å²) < 4.78 is 44.7. The van der Waals surface area contributed by atoms with Crippen molar-refractivity contribution in [2.75, 3.05) is 24.4 Å². The highest BCUT2D eigenvalue weighted by Crippen LogP contribution is 2.34. The first-order valence-corrected chi connectivity index (χ1v) is 7.95. The molecule has 136 valence electrons. The summed E-state index contributed by atoms with van der Waals surface area (Å²) >= 11 is 0. The van der Waals surface area contributed by atoms with Gasteiger partial charge < -0.3 is 15.4 Å². The van der Waals surface area contributed by atoms with E-state index in [0.29, 0.717) is 25.1 Å². The summed E-state index contributed by atoms with van der Waals surface area (Å²) in [5.41, 5.74) is -0.193. The molecule has 2 aromatic rings. The highest BCUT2D eigenvalue weighted by atomic mass is 19.4. The average molecular weight is 354 g/mol. The van der Waals surface area contributed by atoms with Gasteiger partial charge in [0.05, 0.1) is 0 Å². The van der Waals surface area contributed by atoms with Gasteiger partial charge in [-0.15, -0.1) is 0 Å². The predicted octanol–water partition coefficient (Wildman–Crippen LogP) is 4.47. The van der Waals surface area contributed by atoms with E-state index in [4.69, 9.17) is 4.74 Å². The number of methoxy groups -OCH3 is 1. The Bertz CT molecular complexity index is 665. The number of nitrogens with one attached hydrogen (secondary N) is 2. The van der Waals surface area contributed by atoms with Crippen molar-refractivity contribution < 1.29 is 17.9 Å². The highest BCUT2D eigenvalue weighted by molar-refractivity contribution is 5.56. The molecule has 0 saturated carbocycles. The van der Waals surface area contributed by atoms with Crippen LogP contribution in [0.15, 0.2) is 36.5 Å². The molecular weight excluding hydrogens is 333 g/mol. The van der Waals surface area contributed by atoms with E-state index >= 15 is 0 Å². The van der Waals surface area contributed by atoms with Crippen LogP contribution >= 0.6 is 0 Å². The molecule has 1 atom stereocenters. The first-order chi connectivity index (χ1) is 11.9. The van der Waals surface area contributed by atoms with E-state index in [1.807, 2.05) is 25.1 Å². The van der Waals surface area contributed by atoms with E-state index in [-0.39, 0.29) is 17.8 Å². The first-order valence-electron chi connectivity index (χ1n) is 7.95. The summed E-state index contributed by atoms with van der Waals surface area (Å²) in [6.07, 6.45) is -2.52. The highest BCUT2D eigenvalue weighted by Gasteiger charge is 2.35. The lowest BCUT2D eigenvalue weighted by atomic mass is 10.1. The Hall–Kier alpha value is -2.35. The summed E-state index contributed by atoms with van der Waals surface area (Å²) in [5, 5.41) is 5.78. The predicted molar refractivity (Wildman–Crippen MR) is 91.0 cm³/mol. The molecule has 0 spiro atoms. The number of alkyl halides is 3. The molecule has 8 heteroatoms. The van der Waals surface area contributed by atoms with Crippen molar-refractivity contribution in [1.82, 2.24) is 9.97 Å². The Morgan fingerprint density at radius 2 is 1.92 bits per heavy atom. The molecule has 0 radical (unpaired) electrons. The second-order valence-corrected chi connectivity index (χ2v) is 5.48. The van der Waals surface area contributed by atoms with Crippen molar-refractivity contribution in [3.63, 3.8) is 0 Å². The first kappa shape index (κ1) is 19.0. The summed E-state index contributed by atoms with van der Waals surface area (Å²) in [6.45, 7) is 2.35. The summed E-state index contributed by atoms with van der Waals surface area (Å²) in [5.74, 6) is -0.132. The Morgan fingerprint density at radius 1 is 1.20 bits per heavy atom. The van der Waals surface area contributed by atoms with Crippen LogP contribution in [-0.4, -0.2) is 29.7 Å². The Balaban J connectivity index is 2.27. The number of aromatic nitrogens is 2. The van der Waals surface area contributed by atoms with Crippen molar-refractivity contribution >= 4 is 17.5 Å². The van der Waals surface area contributed by atoms with Crippen molar-refractivity contribution in [2.24, 2.45) is 0 Å². The minimum atomic E-state index is -4.53. The SMILES string of the molecule is CCC(CCOC)Nc1nc(Nc2ccccc2)ncc1C(F)(F)F. The zero-order valence-corrected chi connectivity index (χ0v) is 14.1. The fraction of sp³-hybridized carbons (Fsp3) is 0.412. The quantitative estimate of drug-likeness (QED) is 0.733. The van der Waals surface area contributed by atoms with E-state index < -0.39 is 11.7 Å². The number of halogens is 3. The van der Waals surface area contributed by atoms with E-state index in [9.17, 15) is 13.2 Å². The van der Waals surface area contributed by atoms with Gasteiger partial charge in [-0.1, -0.05) is 25.1 Å². The molecule has 0 bridgehead atoms. The van der Waals surface area contributed by atoms with Crippen molar-refractivity contribution in [3.8, 4) is 0 Å². The lowest BCUT2D eigenvalue weighted by Gasteiger charge is -2.20. The number of hydrogen-bond donors (Lipinski definition) is 2. The number of hydrogen-bond acceptors (Lipinski definition) is 5. The van der Waals surface area contributed by atoms with Gasteiger partial charge in [-0.2, -0.15) is 18.2 Å². The molecule has 5 nitrogen and oxygen atoms in total. The summed E-state index contributed by atoms with van der Waals surface area (Å²) in [4.78, 5) is 7.83. The molecule has 0 aliphatic carbocycles. The molecule has 0 aliphatic rings. The monoisotopic (exact) mass is 354 g/mol. The number of nitrogens with zero attached hydrogens (tertiary/aromatic N) is 2. The molecular formula is C17H21F3N4O. The van der Waals surface area contributed by atoms with Gasteiger partial charge in [0, 0.05) is 31.6 Å². The van der Waals surface area contributed by atoms with E-state index in [2.05, 4.69) is 20.6 Å². The topological polar surface area (TPSA) is 59.1 Å². The van der Waals surface area contributed by atoms with Gasteiger partial charge in [0.2, 0.25) is 5.95 Å². The van der Waals surface area contributed by atoms with Crippen LogP contribution in [0.4, 0.5) is 30.6 Å². The van der Waals surface area contributed by atoms with Crippen LogP contribution in [0.5, 0.6) is 0 Å². The normalized spacial score (nSPS) is 12.7. The maximum absolute atomic E-state index is 13.2. The third kappa shape index (κ3) is 5.60. The number of benzene rings is 1. The number of ether oxygens (including phenoxy) is 1. The van der Waals surface area contributed by atoms with Crippen LogP contribution in [0.3, 0.4) is 0 Å². The Kier molecular flexibility index (Phi) is 6.58. The summed E-state index contributed by atoms with van der Waals surface area (Å²) in [6, 6.07) is 8.84. The number of rotatable bonds is 8. The van der Waals surface area contributed by atoms with Crippen LogP contribution < -0.4 is 10.6 Å². The van der Waals surface area contributed by atoms with Crippen LogP contribution in [0.2, 0.25) is 0 Å². The zero-order valence-electron chi connectivity index (χ0n) is 14.1. The van der Waals surface area contributed by atoms with Gasteiger partial charge in [-0.05, 0) is 25.0 Å². The fourth-order valence-electron chi connectivity index (χ4n) is 2.24. The van der Waals surface area contributed by atoms with Gasteiger partial charge in [0.1, 0.15) is 11.4 Å². The lowest BCUT2D eigenvalue weighted by Crippen LogP contribution is -2.24. The second-order valence-electron chi connectivity index (χ2n) is 5.48. The molecule has 0 aliphatic heterocycles. The fourth-order valence-corrected chi connectivity index (χ4v) is 2.24. The molecule has 2 rings (SSSR count). The van der Waals surface area contributed by atoms with E-state index in [1.165, 1.54) is 0 Å². The van der Waals surface area contributed by atoms with Crippen molar-refractivity contribution in [2.45, 2.75) is 32.0 Å². The van der Waals surface area contributed by atoms with E-state index in [0.717, 1.165) is 6.20 Å². The maximum Gasteiger partial charge on any atom is 0.421 e. The molecule has 2 N–H and O–H groups in total. The Labute approximate surface area is 144 Å². The molecule has 1 unspecified atom stereocenters. The standard InChI is InChI=1S/C17H21F3N4O/c1-3-12(9-10-25-2)22-15-14(17(18,19)20)11-21-16(24-15)23-13-7-5-4-6-8-13/h4-8,11-12H,3,9-10H2,1-2H3,(H2,21,22,23,24). The molecule has 1 heterocycles. The second kappa shape index (κ2) is 8.66.